The van der Waals surface area contributed by atoms with Gasteiger partial charge >= 0.3 is 12.1 Å². The first-order chi connectivity index (χ1) is 15.8. The van der Waals surface area contributed by atoms with Crippen LogP contribution in [-0.2, 0) is 24.2 Å². The summed E-state index contributed by atoms with van der Waals surface area (Å²) < 4.78 is 28.8. The molecule has 3 heterocycles. The third kappa shape index (κ3) is 3.39. The number of benzene rings is 1. The summed E-state index contributed by atoms with van der Waals surface area (Å²) in [5, 5.41) is 29.6. The summed E-state index contributed by atoms with van der Waals surface area (Å²) in [4.78, 5) is 50.2. The van der Waals surface area contributed by atoms with E-state index >= 15 is 0 Å². The first-order valence-corrected chi connectivity index (χ1v) is 11.9. The quantitative estimate of drug-likeness (QED) is 0.292. The smallest absolute Gasteiger partial charge is 0.409 e. The molecule has 13 nitrogen and oxygen atoms in total. The number of rotatable bonds is 5. The number of nitrogens with zero attached hydrogens (tertiary/aromatic N) is 2. The van der Waals surface area contributed by atoms with E-state index in [-0.39, 0.29) is 30.1 Å². The van der Waals surface area contributed by atoms with Crippen molar-refractivity contribution in [3.05, 3.63) is 22.7 Å². The molecule has 3 aliphatic heterocycles. The number of carboxylic acid groups (broad SMARTS) is 1. The molecule has 0 radical (unpaired) electrons. The van der Waals surface area contributed by atoms with Crippen molar-refractivity contribution >= 4 is 45.3 Å². The Bertz CT molecular complexity index is 1210. The number of sulfone groups is 1. The number of nitrogens with one attached hydrogen (secondary N) is 1. The van der Waals surface area contributed by atoms with Gasteiger partial charge in [-0.05, 0) is 19.1 Å². The first kappa shape index (κ1) is 23.9. The van der Waals surface area contributed by atoms with E-state index in [1.807, 2.05) is 0 Å². The number of aromatic hydroxyl groups is 2. The monoisotopic (exact) mass is 517 g/mol. The summed E-state index contributed by atoms with van der Waals surface area (Å²) in [6.07, 6.45) is -1.22. The normalized spacial score (nSPS) is 27.4. The van der Waals surface area contributed by atoms with Crippen LogP contribution in [0.25, 0.3) is 0 Å². The number of phenols is 2. The first-order valence-electron chi connectivity index (χ1n) is 10.00. The lowest BCUT2D eigenvalue weighted by atomic mass is 9.97. The maximum atomic E-state index is 12.8. The summed E-state index contributed by atoms with van der Waals surface area (Å²) in [6, 6.07) is 0.141. The number of hydrogen-bond donors (Lipinski definition) is 4. The molecule has 0 aromatic heterocycles. The maximum absolute atomic E-state index is 12.8. The van der Waals surface area contributed by atoms with Crippen LogP contribution >= 0.6 is 11.6 Å². The number of halogens is 1. The van der Waals surface area contributed by atoms with Gasteiger partial charge in [-0.3, -0.25) is 9.59 Å². The van der Waals surface area contributed by atoms with E-state index in [0.29, 0.717) is 0 Å². The van der Waals surface area contributed by atoms with Crippen LogP contribution < -0.4 is 5.32 Å². The van der Waals surface area contributed by atoms with Crippen LogP contribution in [0.5, 0.6) is 11.5 Å². The van der Waals surface area contributed by atoms with Crippen molar-refractivity contribution in [1.82, 2.24) is 15.1 Å². The molecule has 3 saturated heterocycles. The summed E-state index contributed by atoms with van der Waals surface area (Å²) in [6.45, 7) is 0.411. The second-order valence-corrected chi connectivity index (χ2v) is 11.4. The third-order valence-electron chi connectivity index (χ3n) is 6.34. The van der Waals surface area contributed by atoms with Crippen LogP contribution in [0.4, 0.5) is 4.79 Å². The molecular formula is C19H20ClN3O10S. The fourth-order valence-electron chi connectivity index (χ4n) is 4.28. The Morgan fingerprint density at radius 1 is 1.26 bits per heavy atom. The molecule has 184 valence electrons. The predicted molar refractivity (Wildman–Crippen MR) is 113 cm³/mol. The van der Waals surface area contributed by atoms with E-state index in [4.69, 9.17) is 16.3 Å². The number of aliphatic carboxylic acids is 1. The molecule has 4 N–H and O–H groups in total. The topological polar surface area (TPSA) is 191 Å². The van der Waals surface area contributed by atoms with Gasteiger partial charge in [-0.1, -0.05) is 11.6 Å². The molecule has 1 aromatic rings. The lowest BCUT2D eigenvalue weighted by molar-refractivity contribution is -0.158. The second kappa shape index (κ2) is 7.91. The van der Waals surface area contributed by atoms with E-state index in [9.17, 15) is 42.9 Å². The summed E-state index contributed by atoms with van der Waals surface area (Å²) >= 11 is 5.85. The molecule has 15 heteroatoms. The Morgan fingerprint density at radius 3 is 2.50 bits per heavy atom. The van der Waals surface area contributed by atoms with E-state index in [0.717, 1.165) is 17.9 Å². The minimum Gasteiger partial charge on any atom is -0.504 e. The largest absolute Gasteiger partial charge is 0.504 e. The van der Waals surface area contributed by atoms with Gasteiger partial charge in [-0.2, -0.15) is 0 Å². The molecule has 3 aliphatic rings. The zero-order valence-corrected chi connectivity index (χ0v) is 19.2. The standard InChI is InChI=1S/C19H20ClN3O10S/c1-19(15(17(28)29)23-11(25)4-12(23)34(19,31)32)7-33-18(30)22-5-8(6-22)21-16(27)9-2-3-10(24)14(26)13(9)20/h2-3,8,12,15,24,26H,4-7H2,1H3,(H,21,27)(H,28,29)/t12-,15?,19+/m1/s1. The lowest BCUT2D eigenvalue weighted by Gasteiger charge is -2.39. The van der Waals surface area contributed by atoms with E-state index < -0.39 is 74.0 Å². The highest BCUT2D eigenvalue weighted by molar-refractivity contribution is 7.94. The molecule has 34 heavy (non-hydrogen) atoms. The van der Waals surface area contributed by atoms with Crippen molar-refractivity contribution in [3.63, 3.8) is 0 Å². The van der Waals surface area contributed by atoms with Crippen LogP contribution in [0.3, 0.4) is 0 Å². The van der Waals surface area contributed by atoms with E-state index in [2.05, 4.69) is 5.32 Å². The molecule has 3 atom stereocenters. The van der Waals surface area contributed by atoms with Crippen molar-refractivity contribution in [2.24, 2.45) is 0 Å². The number of carbonyl (C=O) groups excluding carboxylic acids is 3. The Kier molecular flexibility index (Phi) is 5.55. The Balaban J connectivity index is 1.35. The number of amides is 3. The van der Waals surface area contributed by atoms with Gasteiger partial charge in [0.2, 0.25) is 5.91 Å². The van der Waals surface area contributed by atoms with Crippen molar-refractivity contribution in [1.29, 1.82) is 0 Å². The highest BCUT2D eigenvalue weighted by Crippen LogP contribution is 2.46. The van der Waals surface area contributed by atoms with E-state index in [1.54, 1.807) is 0 Å². The molecule has 3 fully saturated rings. The van der Waals surface area contributed by atoms with Crippen LogP contribution in [0, 0.1) is 0 Å². The number of phenolic OH excluding ortho intramolecular Hbond substituents is 2. The molecule has 0 spiro atoms. The third-order valence-corrected chi connectivity index (χ3v) is 9.48. The van der Waals surface area contributed by atoms with Crippen LogP contribution in [0.2, 0.25) is 5.02 Å². The average molecular weight is 518 g/mol. The van der Waals surface area contributed by atoms with Crippen molar-refractivity contribution in [3.8, 4) is 11.5 Å². The Labute approximate surface area is 197 Å². The summed E-state index contributed by atoms with van der Waals surface area (Å²) in [5.74, 6) is -3.89. The van der Waals surface area contributed by atoms with Crippen molar-refractivity contribution in [2.75, 3.05) is 19.7 Å². The molecular weight excluding hydrogens is 498 g/mol. The molecule has 0 saturated carbocycles. The fourth-order valence-corrected chi connectivity index (χ4v) is 6.80. The zero-order valence-electron chi connectivity index (χ0n) is 17.6. The lowest BCUT2D eigenvalue weighted by Crippen LogP contribution is -2.62. The van der Waals surface area contributed by atoms with Crippen LogP contribution in [0.15, 0.2) is 12.1 Å². The van der Waals surface area contributed by atoms with Crippen molar-refractivity contribution in [2.45, 2.75) is 35.5 Å². The summed E-state index contributed by atoms with van der Waals surface area (Å²) in [5.41, 5.74) is -0.0868. The van der Waals surface area contributed by atoms with Gasteiger partial charge in [0.05, 0.1) is 23.0 Å². The fraction of sp³-hybridized carbons (Fsp3) is 0.474. The van der Waals surface area contributed by atoms with Gasteiger partial charge in [0, 0.05) is 13.1 Å². The van der Waals surface area contributed by atoms with Gasteiger partial charge < -0.3 is 35.2 Å². The molecule has 1 unspecified atom stereocenters. The molecule has 4 rings (SSSR count). The number of fused-ring (bicyclic) bond motifs is 1. The number of ether oxygens (including phenoxy) is 1. The van der Waals surface area contributed by atoms with Crippen LogP contribution in [-0.4, -0.2) is 99.3 Å². The second-order valence-electron chi connectivity index (χ2n) is 8.48. The number of likely N-dealkylation sites (tertiary alicyclic amines) is 1. The average Bonchev–Trinajstić information content (AvgIpc) is 2.87. The molecule has 1 aromatic carbocycles. The minimum atomic E-state index is -4.11. The van der Waals surface area contributed by atoms with Crippen molar-refractivity contribution < 1.29 is 47.7 Å². The minimum absolute atomic E-state index is 0.0192. The SMILES string of the molecule is C[C@]1(COC(=O)N2CC(NC(=O)c3ccc(O)c(O)c3Cl)C2)C(C(=O)O)N2C(=O)C[C@H]2S1(=O)=O. The van der Waals surface area contributed by atoms with Gasteiger partial charge in [-0.15, -0.1) is 0 Å². The molecule has 3 amide bonds. The number of carboxylic acids is 1. The summed E-state index contributed by atoms with van der Waals surface area (Å²) in [7, 11) is -4.11. The number of hydrogen-bond acceptors (Lipinski definition) is 9. The highest BCUT2D eigenvalue weighted by Gasteiger charge is 2.70. The van der Waals surface area contributed by atoms with Gasteiger partial charge in [0.15, 0.2) is 27.4 Å². The Morgan fingerprint density at radius 2 is 1.91 bits per heavy atom. The number of β-lactam (4-membered cyclic amide) rings is 1. The molecule has 0 bridgehead atoms. The predicted octanol–water partition coefficient (Wildman–Crippen LogP) is -0.499. The molecule has 0 aliphatic carbocycles. The van der Waals surface area contributed by atoms with Gasteiger partial charge in [0.1, 0.15) is 16.7 Å². The number of carbonyl (C=O) groups is 4. The van der Waals surface area contributed by atoms with E-state index in [1.165, 1.54) is 11.0 Å². The van der Waals surface area contributed by atoms with Gasteiger partial charge in [-0.25, -0.2) is 18.0 Å². The maximum Gasteiger partial charge on any atom is 0.409 e. The van der Waals surface area contributed by atoms with Crippen LogP contribution in [0.1, 0.15) is 23.7 Å². The zero-order chi connectivity index (χ0) is 25.2. The Hall–Kier alpha value is -3.26. The highest BCUT2D eigenvalue weighted by atomic mass is 35.5. The van der Waals surface area contributed by atoms with Gasteiger partial charge in [0.25, 0.3) is 5.91 Å².